The van der Waals surface area contributed by atoms with Crippen LogP contribution in [0.15, 0.2) is 54.9 Å². The van der Waals surface area contributed by atoms with Crippen LogP contribution in [0.1, 0.15) is 13.8 Å². The van der Waals surface area contributed by atoms with Gasteiger partial charge in [0.15, 0.2) is 8.68 Å². The van der Waals surface area contributed by atoms with Crippen LogP contribution in [-0.4, -0.2) is 21.5 Å². The predicted octanol–water partition coefficient (Wildman–Crippen LogP) is 7.93. The molecule has 0 unspecified atom stereocenters. The Hall–Kier alpha value is -0.380. The van der Waals surface area contributed by atoms with E-state index in [9.17, 15) is 0 Å². The Morgan fingerprint density at radius 3 is 1.62 bits per heavy atom. The van der Waals surface area contributed by atoms with Crippen molar-refractivity contribution in [2.45, 2.75) is 32.3 Å². The Bertz CT molecular complexity index is 955. The first-order valence-corrected chi connectivity index (χ1v) is 13.9. The van der Waals surface area contributed by atoms with Gasteiger partial charge in [-0.3, -0.25) is 0 Å². The van der Waals surface area contributed by atoms with Gasteiger partial charge in [-0.25, -0.2) is 9.97 Å². The van der Waals surface area contributed by atoms with Crippen molar-refractivity contribution in [3.8, 4) is 0 Å². The molecule has 0 saturated carbocycles. The van der Waals surface area contributed by atoms with Gasteiger partial charge in [0.05, 0.1) is 20.4 Å². The zero-order valence-corrected chi connectivity index (χ0v) is 19.1. The minimum Gasteiger partial charge on any atom is -0.228 e. The van der Waals surface area contributed by atoms with Crippen molar-refractivity contribution in [1.29, 1.82) is 0 Å². The number of para-hydroxylation sites is 2. The molecule has 0 radical (unpaired) electrons. The lowest BCUT2D eigenvalue weighted by molar-refractivity contribution is 1.27. The lowest BCUT2D eigenvalue weighted by Gasteiger charge is -1.98. The van der Waals surface area contributed by atoms with E-state index in [1.807, 2.05) is 23.5 Å². The fourth-order valence-corrected chi connectivity index (χ4v) is 8.71. The second-order valence-corrected chi connectivity index (χ2v) is 12.5. The van der Waals surface area contributed by atoms with Gasteiger partial charge in [0.1, 0.15) is 0 Å². The molecule has 2 aromatic carbocycles. The maximum atomic E-state index is 4.86. The maximum Gasteiger partial charge on any atom is 0.162 e. The van der Waals surface area contributed by atoms with Crippen molar-refractivity contribution < 1.29 is 0 Å². The molecule has 8 heteroatoms. The molecule has 0 fully saturated rings. The number of nitrogens with zero attached hydrogens (tertiary/aromatic N) is 2. The van der Waals surface area contributed by atoms with Crippen molar-refractivity contribution in [1.82, 2.24) is 9.97 Å². The Balaban J connectivity index is 1.55. The second-order valence-electron chi connectivity index (χ2n) is 5.20. The molecule has 0 aliphatic heterocycles. The van der Waals surface area contributed by atoms with E-state index in [4.69, 9.17) is 9.97 Å². The van der Waals surface area contributed by atoms with Crippen LogP contribution in [0, 0.1) is 0 Å². The Labute approximate surface area is 177 Å². The van der Waals surface area contributed by atoms with E-state index in [-0.39, 0.29) is 0 Å². The Morgan fingerprint density at radius 2 is 1.19 bits per heavy atom. The third-order valence-electron chi connectivity index (χ3n) is 3.51. The number of aromatic nitrogens is 2. The van der Waals surface area contributed by atoms with E-state index >= 15 is 0 Å². The molecule has 0 spiro atoms. The molecule has 0 aliphatic carbocycles. The standard InChI is InChI=1S/C18H16N2S6/c1-3-21-11-7-5-9-13-15(11)19-17(23-13)25-26-18-20-16-12(22-4-2)8-6-10-14(16)24-18/h5-10H,3-4H2,1-2H3. The smallest absolute Gasteiger partial charge is 0.162 e. The topological polar surface area (TPSA) is 25.8 Å². The second kappa shape index (κ2) is 8.75. The lowest BCUT2D eigenvalue weighted by Crippen LogP contribution is -1.77. The molecule has 26 heavy (non-hydrogen) atoms. The van der Waals surface area contributed by atoms with E-state index in [0.717, 1.165) is 31.2 Å². The van der Waals surface area contributed by atoms with Crippen molar-refractivity contribution in [3.63, 3.8) is 0 Å². The highest BCUT2D eigenvalue weighted by Crippen LogP contribution is 2.45. The molecular formula is C18H16N2S6. The number of hydrogen-bond donors (Lipinski definition) is 0. The molecule has 2 heterocycles. The van der Waals surface area contributed by atoms with Crippen LogP contribution in [0.5, 0.6) is 0 Å². The van der Waals surface area contributed by atoms with Gasteiger partial charge in [-0.2, -0.15) is 0 Å². The zero-order chi connectivity index (χ0) is 17.9. The van der Waals surface area contributed by atoms with Gasteiger partial charge >= 0.3 is 0 Å². The average molecular weight is 453 g/mol. The number of benzene rings is 2. The number of thioether (sulfide) groups is 2. The minimum absolute atomic E-state index is 1.07. The average Bonchev–Trinajstić information content (AvgIpc) is 3.25. The number of hydrogen-bond acceptors (Lipinski definition) is 8. The predicted molar refractivity (Wildman–Crippen MR) is 124 cm³/mol. The monoisotopic (exact) mass is 452 g/mol. The first-order valence-electron chi connectivity index (χ1n) is 8.17. The van der Waals surface area contributed by atoms with Gasteiger partial charge < -0.3 is 0 Å². The largest absolute Gasteiger partial charge is 0.228 e. The van der Waals surface area contributed by atoms with Crippen LogP contribution >= 0.6 is 67.8 Å². The lowest BCUT2D eigenvalue weighted by atomic mass is 10.3. The summed E-state index contributed by atoms with van der Waals surface area (Å²) in [5, 5.41) is 0. The summed E-state index contributed by atoms with van der Waals surface area (Å²) in [7, 11) is 3.43. The number of thiazole rings is 2. The van der Waals surface area contributed by atoms with E-state index in [0.29, 0.717) is 0 Å². The van der Waals surface area contributed by atoms with Crippen LogP contribution in [-0.2, 0) is 0 Å². The molecule has 4 aromatic rings. The highest BCUT2D eigenvalue weighted by atomic mass is 33.1. The first kappa shape index (κ1) is 19.0. The molecule has 0 bridgehead atoms. The van der Waals surface area contributed by atoms with Gasteiger partial charge in [-0.1, -0.05) is 26.0 Å². The molecule has 134 valence electrons. The van der Waals surface area contributed by atoms with Crippen molar-refractivity contribution in [2.24, 2.45) is 0 Å². The molecule has 0 aliphatic rings. The molecule has 0 N–H and O–H groups in total. The van der Waals surface area contributed by atoms with Gasteiger partial charge in [0.2, 0.25) is 0 Å². The third-order valence-corrected chi connectivity index (χ3v) is 10.4. The highest BCUT2D eigenvalue weighted by Gasteiger charge is 2.12. The Morgan fingerprint density at radius 1 is 0.731 bits per heavy atom. The zero-order valence-electron chi connectivity index (χ0n) is 14.2. The van der Waals surface area contributed by atoms with E-state index in [1.54, 1.807) is 44.3 Å². The number of rotatable bonds is 7. The minimum atomic E-state index is 1.07. The molecule has 0 saturated heterocycles. The molecule has 2 nitrogen and oxygen atoms in total. The van der Waals surface area contributed by atoms with Crippen LogP contribution in [0.25, 0.3) is 20.4 Å². The SMILES string of the molecule is CCSc1cccc2sc(SSc3nc4c(SCC)cccc4s3)nc12. The van der Waals surface area contributed by atoms with Crippen LogP contribution in [0.2, 0.25) is 0 Å². The first-order chi connectivity index (χ1) is 12.8. The third kappa shape index (κ3) is 4.05. The van der Waals surface area contributed by atoms with Gasteiger partial charge in [-0.15, -0.1) is 46.2 Å². The summed E-state index contributed by atoms with van der Waals surface area (Å²) in [4.78, 5) is 12.3. The summed E-state index contributed by atoms with van der Waals surface area (Å²) in [6.45, 7) is 4.36. The van der Waals surface area contributed by atoms with Gasteiger partial charge in [-0.05, 0) is 57.4 Å². The molecule has 0 atom stereocenters. The van der Waals surface area contributed by atoms with Crippen molar-refractivity contribution in [3.05, 3.63) is 36.4 Å². The fraction of sp³-hybridized carbons (Fsp3) is 0.222. The summed E-state index contributed by atoms with van der Waals surface area (Å²) in [6.07, 6.45) is 0. The van der Waals surface area contributed by atoms with Crippen molar-refractivity contribution >= 4 is 88.2 Å². The Kier molecular flexibility index (Phi) is 6.38. The number of fused-ring (bicyclic) bond motifs is 2. The van der Waals surface area contributed by atoms with E-state index < -0.39 is 0 Å². The van der Waals surface area contributed by atoms with Crippen molar-refractivity contribution in [2.75, 3.05) is 11.5 Å². The highest BCUT2D eigenvalue weighted by molar-refractivity contribution is 8.77. The van der Waals surface area contributed by atoms with Crippen LogP contribution in [0.3, 0.4) is 0 Å². The van der Waals surface area contributed by atoms with Gasteiger partial charge in [0, 0.05) is 9.79 Å². The molecule has 0 amide bonds. The summed E-state index contributed by atoms with van der Waals surface area (Å²) in [5.41, 5.74) is 2.27. The normalized spacial score (nSPS) is 11.6. The summed E-state index contributed by atoms with van der Waals surface area (Å²) < 4.78 is 4.71. The quantitative estimate of drug-likeness (QED) is 0.209. The fourth-order valence-electron chi connectivity index (χ4n) is 2.49. The van der Waals surface area contributed by atoms with Gasteiger partial charge in [0.25, 0.3) is 0 Å². The summed E-state index contributed by atoms with van der Waals surface area (Å²) in [6, 6.07) is 12.9. The summed E-state index contributed by atoms with van der Waals surface area (Å²) >= 11 is 7.24. The van der Waals surface area contributed by atoms with Crippen LogP contribution in [0.4, 0.5) is 0 Å². The maximum absolute atomic E-state index is 4.86. The van der Waals surface area contributed by atoms with E-state index in [1.165, 1.54) is 19.2 Å². The molecule has 2 aromatic heterocycles. The molecule has 4 rings (SSSR count). The van der Waals surface area contributed by atoms with Crippen LogP contribution < -0.4 is 0 Å². The summed E-state index contributed by atoms with van der Waals surface area (Å²) in [5.74, 6) is 2.13. The molecular weight excluding hydrogens is 437 g/mol. The van der Waals surface area contributed by atoms with E-state index in [2.05, 4.69) is 50.2 Å².